The van der Waals surface area contributed by atoms with E-state index in [9.17, 15) is 15.2 Å². The largest absolute Gasteiger partial charge is 0.390 e. The number of likely N-dealkylation sites (N-methyl/N-ethyl adjacent to an activating group) is 1. The van der Waals surface area contributed by atoms with Crippen LogP contribution in [0.1, 0.15) is 51.4 Å². The minimum Gasteiger partial charge on any atom is -0.390 e. The first-order chi connectivity index (χ1) is 11.5. The molecule has 5 saturated carbocycles. The average molecular weight is 329 g/mol. The number of nitrogens with one attached hydrogen (secondary N) is 1. The minimum absolute atomic E-state index is 0.113. The Hall–Kier alpha value is -1.12. The van der Waals surface area contributed by atoms with Gasteiger partial charge in [0.05, 0.1) is 17.7 Å². The summed E-state index contributed by atoms with van der Waals surface area (Å²) in [6, 6.07) is 2.16. The molecular weight excluding hydrogens is 302 g/mol. The maximum atomic E-state index is 13.4. The zero-order valence-corrected chi connectivity index (χ0v) is 14.4. The molecule has 8 atom stereocenters. The van der Waals surface area contributed by atoms with Crippen LogP contribution in [0, 0.1) is 34.5 Å². The van der Waals surface area contributed by atoms with Crippen LogP contribution < -0.4 is 5.32 Å². The van der Waals surface area contributed by atoms with E-state index in [0.29, 0.717) is 23.8 Å². The highest BCUT2D eigenvalue weighted by Crippen LogP contribution is 2.63. The predicted octanol–water partition coefficient (Wildman–Crippen LogP) is 1.42. The molecule has 24 heavy (non-hydrogen) atoms. The molecule has 2 N–H and O–H groups in total. The number of hydrogen-bond donors (Lipinski definition) is 2. The molecule has 0 aromatic rings. The van der Waals surface area contributed by atoms with Crippen molar-refractivity contribution in [1.29, 1.82) is 5.26 Å². The maximum Gasteiger partial charge on any atom is 0.241 e. The van der Waals surface area contributed by atoms with E-state index in [1.54, 1.807) is 0 Å². The van der Waals surface area contributed by atoms with Crippen LogP contribution >= 0.6 is 0 Å². The number of hydrogen-bond acceptors (Lipinski definition) is 4. The number of aliphatic hydroxyl groups is 1. The van der Waals surface area contributed by atoms with Crippen molar-refractivity contribution in [2.45, 2.75) is 75.1 Å². The lowest BCUT2D eigenvalue weighted by molar-refractivity contribution is -0.180. The Morgan fingerprint density at radius 3 is 2.54 bits per heavy atom. The summed E-state index contributed by atoms with van der Waals surface area (Å²) in [5, 5.41) is 23.8. The quantitative estimate of drug-likeness (QED) is 0.821. The molecule has 4 bridgehead atoms. The van der Waals surface area contributed by atoms with Crippen LogP contribution in [-0.2, 0) is 4.79 Å². The second-order valence-electron chi connectivity index (χ2n) is 9.46. The summed E-state index contributed by atoms with van der Waals surface area (Å²) in [4.78, 5) is 15.3. The van der Waals surface area contributed by atoms with E-state index >= 15 is 0 Å². The standard InChI is InChI=1S/C19H27N3O2/c1-21-16(17(23)22-14(9-20)3-13-4-15(13)22)18-5-11-2-12(6-18)8-19(24,7-11)10-18/h11-16,21,24H,2-8,10H2,1H3/t11-,12+,13-,14+,15+,16-,18?,19?/m1/s1. The molecule has 130 valence electrons. The van der Waals surface area contributed by atoms with Gasteiger partial charge in [-0.25, -0.2) is 0 Å². The second-order valence-corrected chi connectivity index (χ2v) is 9.46. The molecule has 1 saturated heterocycles. The number of carbonyl (C=O) groups is 1. The van der Waals surface area contributed by atoms with Gasteiger partial charge in [-0.2, -0.15) is 5.26 Å². The first-order valence-electron chi connectivity index (χ1n) is 9.58. The first-order valence-corrected chi connectivity index (χ1v) is 9.58. The van der Waals surface area contributed by atoms with Gasteiger partial charge in [-0.05, 0) is 81.6 Å². The molecule has 1 heterocycles. The molecule has 5 aliphatic carbocycles. The number of amides is 1. The summed E-state index contributed by atoms with van der Waals surface area (Å²) in [5.74, 6) is 1.81. The van der Waals surface area contributed by atoms with Crippen molar-refractivity contribution in [3.8, 4) is 6.07 Å². The van der Waals surface area contributed by atoms with Crippen molar-refractivity contribution in [2.24, 2.45) is 23.2 Å². The van der Waals surface area contributed by atoms with Gasteiger partial charge >= 0.3 is 0 Å². The molecule has 0 aromatic heterocycles. The minimum atomic E-state index is -0.554. The third-order valence-electron chi connectivity index (χ3n) is 7.73. The van der Waals surface area contributed by atoms with Gasteiger partial charge in [0.2, 0.25) is 5.91 Å². The fourth-order valence-corrected chi connectivity index (χ4v) is 7.35. The number of nitrogens with zero attached hydrogens (tertiary/aromatic N) is 2. The maximum absolute atomic E-state index is 13.4. The molecule has 1 aliphatic heterocycles. The van der Waals surface area contributed by atoms with Gasteiger partial charge in [-0.1, -0.05) is 0 Å². The van der Waals surface area contributed by atoms with E-state index in [1.165, 1.54) is 6.42 Å². The number of rotatable bonds is 3. The van der Waals surface area contributed by atoms with Crippen LogP contribution in [0.15, 0.2) is 0 Å². The van der Waals surface area contributed by atoms with E-state index in [-0.39, 0.29) is 23.4 Å². The van der Waals surface area contributed by atoms with Gasteiger partial charge in [0.1, 0.15) is 6.04 Å². The second kappa shape index (κ2) is 4.74. The van der Waals surface area contributed by atoms with Crippen LogP contribution in [0.5, 0.6) is 0 Å². The Balaban J connectivity index is 1.46. The van der Waals surface area contributed by atoms with Crippen molar-refractivity contribution in [2.75, 3.05) is 7.05 Å². The van der Waals surface area contributed by atoms with Gasteiger partial charge in [-0.15, -0.1) is 0 Å². The summed E-state index contributed by atoms with van der Waals surface area (Å²) in [6.07, 6.45) is 7.86. The number of likely N-dealkylation sites (tertiary alicyclic amines) is 1. The molecule has 0 spiro atoms. The summed E-state index contributed by atoms with van der Waals surface area (Å²) < 4.78 is 0. The van der Waals surface area contributed by atoms with Crippen molar-refractivity contribution in [3.05, 3.63) is 0 Å². The van der Waals surface area contributed by atoms with Crippen LogP contribution in [-0.4, -0.2) is 46.7 Å². The fraction of sp³-hybridized carbons (Fsp3) is 0.895. The number of nitriles is 1. The molecule has 0 aromatic carbocycles. The van der Waals surface area contributed by atoms with Crippen molar-refractivity contribution < 1.29 is 9.90 Å². The zero-order valence-electron chi connectivity index (χ0n) is 14.4. The Morgan fingerprint density at radius 2 is 1.96 bits per heavy atom. The number of fused-ring (bicyclic) bond motifs is 1. The highest BCUT2D eigenvalue weighted by Gasteiger charge is 2.63. The number of piperidine rings is 1. The molecular formula is C19H27N3O2. The third-order valence-corrected chi connectivity index (χ3v) is 7.73. The molecule has 6 aliphatic rings. The smallest absolute Gasteiger partial charge is 0.241 e. The Morgan fingerprint density at radius 1 is 1.25 bits per heavy atom. The van der Waals surface area contributed by atoms with Crippen molar-refractivity contribution in [3.63, 3.8) is 0 Å². The third kappa shape index (κ3) is 1.96. The van der Waals surface area contributed by atoms with Crippen molar-refractivity contribution in [1.82, 2.24) is 10.2 Å². The molecule has 2 unspecified atom stereocenters. The lowest BCUT2D eigenvalue weighted by atomic mass is 9.46. The zero-order chi connectivity index (χ0) is 16.7. The average Bonchev–Trinajstić information content (AvgIpc) is 3.15. The fourth-order valence-electron chi connectivity index (χ4n) is 7.35. The number of carbonyl (C=O) groups excluding carboxylic acids is 1. The van der Waals surface area contributed by atoms with Crippen molar-refractivity contribution >= 4 is 5.91 Å². The summed E-state index contributed by atoms with van der Waals surface area (Å²) in [6.45, 7) is 0. The van der Waals surface area contributed by atoms with E-state index < -0.39 is 5.60 Å². The monoisotopic (exact) mass is 329 g/mol. The molecule has 1 amide bonds. The van der Waals surface area contributed by atoms with E-state index in [1.807, 2.05) is 11.9 Å². The Bertz CT molecular complexity index is 613. The van der Waals surface area contributed by atoms with Crippen LogP contribution in [0.4, 0.5) is 0 Å². The topological polar surface area (TPSA) is 76.4 Å². The van der Waals surface area contributed by atoms with Crippen LogP contribution in [0.2, 0.25) is 0 Å². The van der Waals surface area contributed by atoms with Crippen LogP contribution in [0.3, 0.4) is 0 Å². The summed E-state index contributed by atoms with van der Waals surface area (Å²) in [7, 11) is 1.88. The van der Waals surface area contributed by atoms with E-state index in [0.717, 1.165) is 44.9 Å². The normalized spacial score (nSPS) is 52.0. The molecule has 6 fully saturated rings. The highest BCUT2D eigenvalue weighted by atomic mass is 16.3. The SMILES string of the molecule is CN[C@H](C(=O)N1[C@H](C#N)C[C@@H]2C[C@@H]21)C12C[C@@H]3C[C@@H](CC(O)(C3)C1)C2. The Labute approximate surface area is 143 Å². The van der Waals surface area contributed by atoms with Gasteiger partial charge in [0, 0.05) is 6.04 Å². The van der Waals surface area contributed by atoms with Crippen LogP contribution in [0.25, 0.3) is 0 Å². The lowest BCUT2D eigenvalue weighted by Gasteiger charge is -2.62. The lowest BCUT2D eigenvalue weighted by Crippen LogP contribution is -2.65. The molecule has 6 rings (SSSR count). The molecule has 0 radical (unpaired) electrons. The summed E-state index contributed by atoms with van der Waals surface area (Å²) in [5.41, 5.74) is -0.668. The Kier molecular flexibility index (Phi) is 2.99. The highest BCUT2D eigenvalue weighted by molar-refractivity contribution is 5.85. The molecule has 5 heteroatoms. The first kappa shape index (κ1) is 15.2. The van der Waals surface area contributed by atoms with Gasteiger partial charge in [0.25, 0.3) is 0 Å². The van der Waals surface area contributed by atoms with E-state index in [4.69, 9.17) is 0 Å². The van der Waals surface area contributed by atoms with Gasteiger partial charge in [0.15, 0.2) is 0 Å². The van der Waals surface area contributed by atoms with E-state index in [2.05, 4.69) is 11.4 Å². The summed E-state index contributed by atoms with van der Waals surface area (Å²) >= 11 is 0. The molecule has 5 nitrogen and oxygen atoms in total. The predicted molar refractivity (Wildman–Crippen MR) is 87.7 cm³/mol. The van der Waals surface area contributed by atoms with Gasteiger partial charge < -0.3 is 15.3 Å². The van der Waals surface area contributed by atoms with Gasteiger partial charge in [-0.3, -0.25) is 4.79 Å².